The minimum Gasteiger partial charge on any atom is -0.368 e. The Kier molecular flexibility index (Phi) is 3.59. The van der Waals surface area contributed by atoms with E-state index in [1.165, 1.54) is 0 Å². The van der Waals surface area contributed by atoms with Crippen molar-refractivity contribution in [2.45, 2.75) is 25.9 Å². The summed E-state index contributed by atoms with van der Waals surface area (Å²) < 4.78 is 5.42. The van der Waals surface area contributed by atoms with Crippen LogP contribution in [0.4, 0.5) is 0 Å². The summed E-state index contributed by atoms with van der Waals surface area (Å²) in [7, 11) is 0. The van der Waals surface area contributed by atoms with Gasteiger partial charge in [-0.15, -0.1) is 0 Å². The Labute approximate surface area is 91.2 Å². The number of amides is 1. The van der Waals surface area contributed by atoms with Gasteiger partial charge < -0.3 is 14.5 Å². The second kappa shape index (κ2) is 4.94. The van der Waals surface area contributed by atoms with Crippen LogP contribution >= 0.6 is 0 Å². The Balaban J connectivity index is 1.81. The van der Waals surface area contributed by atoms with Gasteiger partial charge in [-0.05, 0) is 19.4 Å². The molecule has 0 N–H and O–H groups in total. The molecule has 1 amide bonds. The quantitative estimate of drug-likeness (QED) is 0.661. The second-order valence-electron chi connectivity index (χ2n) is 4.26. The first-order valence-corrected chi connectivity index (χ1v) is 5.94. The standard InChI is InChI=1S/C11H20N2O2/c1-2-12-5-7-13(8-6-12)11(14)10-4-3-9-15-10/h10H,2-9H2,1H3/t10-/m0/s1. The first-order chi connectivity index (χ1) is 7.31. The van der Waals surface area contributed by atoms with Gasteiger partial charge in [-0.1, -0.05) is 6.92 Å². The number of hydrogen-bond donors (Lipinski definition) is 0. The van der Waals surface area contributed by atoms with Gasteiger partial charge in [0.25, 0.3) is 5.91 Å². The molecule has 2 rings (SSSR count). The molecular formula is C11H20N2O2. The van der Waals surface area contributed by atoms with E-state index in [4.69, 9.17) is 4.74 Å². The van der Waals surface area contributed by atoms with Gasteiger partial charge in [-0.25, -0.2) is 0 Å². The molecule has 4 heteroatoms. The minimum absolute atomic E-state index is 0.141. The van der Waals surface area contributed by atoms with Crippen molar-refractivity contribution >= 4 is 5.91 Å². The van der Waals surface area contributed by atoms with Crippen LogP contribution in [0.1, 0.15) is 19.8 Å². The fraction of sp³-hybridized carbons (Fsp3) is 0.909. The Hall–Kier alpha value is -0.610. The SMILES string of the molecule is CCN1CCN(C(=O)[C@@H]2CCCO2)CC1. The fourth-order valence-electron chi connectivity index (χ4n) is 2.26. The van der Waals surface area contributed by atoms with Crippen molar-refractivity contribution in [1.29, 1.82) is 0 Å². The number of likely N-dealkylation sites (N-methyl/N-ethyl adjacent to an activating group) is 1. The highest BCUT2D eigenvalue weighted by atomic mass is 16.5. The predicted molar refractivity (Wildman–Crippen MR) is 57.7 cm³/mol. The first-order valence-electron chi connectivity index (χ1n) is 5.94. The number of carbonyl (C=O) groups excluding carboxylic acids is 1. The van der Waals surface area contributed by atoms with Crippen LogP contribution in [-0.4, -0.2) is 61.1 Å². The predicted octanol–water partition coefficient (Wildman–Crippen LogP) is 0.329. The lowest BCUT2D eigenvalue weighted by molar-refractivity contribution is -0.142. The van der Waals surface area contributed by atoms with Crippen LogP contribution in [-0.2, 0) is 9.53 Å². The topological polar surface area (TPSA) is 32.8 Å². The van der Waals surface area contributed by atoms with E-state index in [-0.39, 0.29) is 12.0 Å². The molecule has 0 aromatic rings. The maximum Gasteiger partial charge on any atom is 0.251 e. The zero-order chi connectivity index (χ0) is 10.7. The summed E-state index contributed by atoms with van der Waals surface area (Å²) in [4.78, 5) is 16.3. The number of rotatable bonds is 2. The van der Waals surface area contributed by atoms with E-state index in [9.17, 15) is 4.79 Å². The Morgan fingerprint density at radius 3 is 2.60 bits per heavy atom. The van der Waals surface area contributed by atoms with E-state index < -0.39 is 0 Å². The number of ether oxygens (including phenoxy) is 1. The molecule has 4 nitrogen and oxygen atoms in total. The summed E-state index contributed by atoms with van der Waals surface area (Å²) >= 11 is 0. The third kappa shape index (κ3) is 2.49. The Bertz CT molecular complexity index is 219. The molecule has 0 unspecified atom stereocenters. The molecule has 1 atom stereocenters. The van der Waals surface area contributed by atoms with Crippen molar-refractivity contribution in [2.75, 3.05) is 39.3 Å². The van der Waals surface area contributed by atoms with E-state index in [1.54, 1.807) is 0 Å². The van der Waals surface area contributed by atoms with Crippen molar-refractivity contribution < 1.29 is 9.53 Å². The molecule has 0 aromatic carbocycles. The molecule has 0 bridgehead atoms. The monoisotopic (exact) mass is 212 g/mol. The highest BCUT2D eigenvalue weighted by Gasteiger charge is 2.29. The van der Waals surface area contributed by atoms with E-state index in [0.29, 0.717) is 0 Å². The van der Waals surface area contributed by atoms with Crippen molar-refractivity contribution in [1.82, 2.24) is 9.80 Å². The molecule has 86 valence electrons. The third-order valence-electron chi connectivity index (χ3n) is 3.34. The summed E-state index contributed by atoms with van der Waals surface area (Å²) in [6.07, 6.45) is 1.80. The van der Waals surface area contributed by atoms with Crippen molar-refractivity contribution in [3.8, 4) is 0 Å². The maximum absolute atomic E-state index is 12.0. The van der Waals surface area contributed by atoms with Crippen LogP contribution in [0.3, 0.4) is 0 Å². The highest BCUT2D eigenvalue weighted by Crippen LogP contribution is 2.15. The zero-order valence-corrected chi connectivity index (χ0v) is 9.45. The molecule has 2 heterocycles. The van der Waals surface area contributed by atoms with Gasteiger partial charge >= 0.3 is 0 Å². The number of nitrogens with zero attached hydrogens (tertiary/aromatic N) is 2. The summed E-state index contributed by atoms with van der Waals surface area (Å²) in [6.45, 7) is 7.76. The van der Waals surface area contributed by atoms with Gasteiger partial charge in [-0.2, -0.15) is 0 Å². The van der Waals surface area contributed by atoms with Gasteiger partial charge in [-0.3, -0.25) is 4.79 Å². The van der Waals surface area contributed by atoms with Crippen LogP contribution < -0.4 is 0 Å². The molecule has 2 fully saturated rings. The van der Waals surface area contributed by atoms with E-state index >= 15 is 0 Å². The fourth-order valence-corrected chi connectivity index (χ4v) is 2.26. The molecule has 2 saturated heterocycles. The molecule has 15 heavy (non-hydrogen) atoms. The summed E-state index contributed by atoms with van der Waals surface area (Å²) in [5.41, 5.74) is 0. The Morgan fingerprint density at radius 2 is 2.07 bits per heavy atom. The van der Waals surface area contributed by atoms with Crippen LogP contribution in [0.5, 0.6) is 0 Å². The summed E-state index contributed by atoms with van der Waals surface area (Å²) in [5, 5.41) is 0. The first kappa shape index (κ1) is 10.9. The van der Waals surface area contributed by atoms with Gasteiger partial charge in [0.2, 0.25) is 0 Å². The van der Waals surface area contributed by atoms with Crippen molar-refractivity contribution in [3.05, 3.63) is 0 Å². The van der Waals surface area contributed by atoms with Crippen molar-refractivity contribution in [2.24, 2.45) is 0 Å². The normalized spacial score (nSPS) is 28.3. The van der Waals surface area contributed by atoms with Gasteiger partial charge in [0.1, 0.15) is 6.10 Å². The molecular weight excluding hydrogens is 192 g/mol. The molecule has 0 radical (unpaired) electrons. The largest absolute Gasteiger partial charge is 0.368 e. The minimum atomic E-state index is -0.141. The lowest BCUT2D eigenvalue weighted by atomic mass is 10.2. The molecule has 0 saturated carbocycles. The highest BCUT2D eigenvalue weighted by molar-refractivity contribution is 5.81. The lowest BCUT2D eigenvalue weighted by Gasteiger charge is -2.35. The van der Waals surface area contributed by atoms with Crippen LogP contribution in [0.25, 0.3) is 0 Å². The summed E-state index contributed by atoms with van der Waals surface area (Å²) in [5.74, 6) is 0.211. The average Bonchev–Trinajstić information content (AvgIpc) is 2.82. The van der Waals surface area contributed by atoms with Crippen LogP contribution in [0, 0.1) is 0 Å². The second-order valence-corrected chi connectivity index (χ2v) is 4.26. The average molecular weight is 212 g/mol. The van der Waals surface area contributed by atoms with E-state index in [0.717, 1.165) is 52.2 Å². The molecule has 2 aliphatic heterocycles. The molecule has 0 aliphatic carbocycles. The van der Waals surface area contributed by atoms with E-state index in [2.05, 4.69) is 11.8 Å². The number of carbonyl (C=O) groups is 1. The van der Waals surface area contributed by atoms with E-state index in [1.807, 2.05) is 4.90 Å². The third-order valence-corrected chi connectivity index (χ3v) is 3.34. The van der Waals surface area contributed by atoms with Crippen LogP contribution in [0.2, 0.25) is 0 Å². The lowest BCUT2D eigenvalue weighted by Crippen LogP contribution is -2.51. The van der Waals surface area contributed by atoms with Gasteiger partial charge in [0.15, 0.2) is 0 Å². The van der Waals surface area contributed by atoms with Crippen molar-refractivity contribution in [3.63, 3.8) is 0 Å². The summed E-state index contributed by atoms with van der Waals surface area (Å²) in [6, 6.07) is 0. The molecule has 0 aromatic heterocycles. The maximum atomic E-state index is 12.0. The Morgan fingerprint density at radius 1 is 1.33 bits per heavy atom. The zero-order valence-electron chi connectivity index (χ0n) is 9.45. The van der Waals surface area contributed by atoms with Crippen LogP contribution in [0.15, 0.2) is 0 Å². The number of hydrogen-bond acceptors (Lipinski definition) is 3. The molecule has 2 aliphatic rings. The smallest absolute Gasteiger partial charge is 0.251 e. The number of piperazine rings is 1. The van der Waals surface area contributed by atoms with Gasteiger partial charge in [0.05, 0.1) is 0 Å². The van der Waals surface area contributed by atoms with Gasteiger partial charge in [0, 0.05) is 32.8 Å². The molecule has 0 spiro atoms.